The number of aromatic hydroxyl groups is 1. The van der Waals surface area contributed by atoms with Gasteiger partial charge in [-0.3, -0.25) is 39.4 Å². The van der Waals surface area contributed by atoms with Crippen molar-refractivity contribution >= 4 is 183 Å². The molecular formula is C121H139ClI2N10O14. The van der Waals surface area contributed by atoms with Crippen molar-refractivity contribution in [2.24, 2.45) is 0 Å². The number of fused-ring (bicyclic) bond motifs is 8. The van der Waals surface area contributed by atoms with Crippen LogP contribution in [-0.2, 0) is 102 Å². The van der Waals surface area contributed by atoms with E-state index in [9.17, 15) is 28.8 Å². The number of aryl methyl sites for hydroxylation is 6. The number of anilines is 2. The molecule has 2 aliphatic rings. The highest BCUT2D eigenvalue weighted by Gasteiger charge is 2.33. The number of aldehydes is 1. The number of hydrogen-bond donors (Lipinski definition) is 6. The standard InChI is InChI=1S/2C26H30N4O3.C16H19NO2.C13H17NO.C12H12O2.C11H13IO.C11H12O.C6H5IO.ClH/c2*1-5-8-19-20-9-6-7-10-21(20)33-22(19)16-30(4)23(31)12-11-17-13-18-15-28-26(2,3)25(32)29-24(18)27-14-17;1-4-8-12-13-9-6-7-10-14(13)19-15(12)11-17(3)16(18)5-2;1-3-6-10-11-7-4-5-8-12(11)15-13(10)9-14-2;1-2-5-9-10-6-3-4-7-11(10)14-12(9)8-13;1-2-3-6-9-13-11-8-5-4-7-10(11)12;1-2-5-9-8-12-11-7-4-3-6-10(9)11;7-5-3-1-2-4-6(5)8;/h2*6-7,9-14,28H,5,8,15-16H2,1-4H3,(H,27,29,32);5-7,9-10H,2,4,8,11H2,1,3H3;4-5,7-8,14H,3,6,9H2,1-2H3;3-4,6-8H,2,5H2,1H3;3-8H,2,9H2,1H3;3-4,6-8H,2,5H2,1H3;1-4,8H;1H/b2*12-11+;;;;6-3+;;;. The van der Waals surface area contributed by atoms with E-state index >= 15 is 0 Å². The second-order valence-electron chi connectivity index (χ2n) is 36.8. The van der Waals surface area contributed by atoms with E-state index in [1.54, 1.807) is 72.5 Å². The van der Waals surface area contributed by atoms with Gasteiger partial charge >= 0.3 is 0 Å². The van der Waals surface area contributed by atoms with E-state index in [-0.39, 0.29) is 41.9 Å². The number of nitrogens with one attached hydrogen (secondary N) is 5. The Kier molecular flexibility index (Phi) is 45.9. The van der Waals surface area contributed by atoms with Crippen LogP contribution in [0, 0.1) is 7.14 Å². The molecule has 24 nitrogen and oxygen atoms in total. The Morgan fingerprint density at radius 1 is 0.466 bits per heavy atom. The lowest BCUT2D eigenvalue weighted by Gasteiger charge is -2.21. The summed E-state index contributed by atoms with van der Waals surface area (Å²) in [4.78, 5) is 86.1. The molecule has 0 saturated carbocycles. The number of halogens is 3. The van der Waals surface area contributed by atoms with Gasteiger partial charge in [-0.2, -0.15) is 0 Å². The molecule has 10 heterocycles. The Morgan fingerprint density at radius 3 is 1.21 bits per heavy atom. The summed E-state index contributed by atoms with van der Waals surface area (Å²) >= 11 is 4.35. The monoisotopic (exact) mass is 2240 g/mol. The van der Waals surface area contributed by atoms with E-state index in [4.69, 9.17) is 36.3 Å². The Labute approximate surface area is 902 Å². The van der Waals surface area contributed by atoms with E-state index in [1.807, 2.05) is 199 Å². The summed E-state index contributed by atoms with van der Waals surface area (Å²) in [5.41, 5.74) is 14.7. The molecule has 0 radical (unpaired) electrons. The van der Waals surface area contributed by atoms with Crippen LogP contribution in [0.15, 0.2) is 288 Å². The fourth-order valence-corrected chi connectivity index (χ4v) is 17.6. The number of allylic oxidation sites excluding steroid dienone is 1. The summed E-state index contributed by atoms with van der Waals surface area (Å²) < 4.78 is 42.3. The average molecular weight is 2250 g/mol. The predicted octanol–water partition coefficient (Wildman–Crippen LogP) is 27.8. The molecule has 16 aromatic rings. The number of rotatable bonds is 30. The Bertz CT molecular complexity index is 6980. The van der Waals surface area contributed by atoms with E-state index in [2.05, 4.69) is 185 Å². The molecule has 0 atom stereocenters. The van der Waals surface area contributed by atoms with Crippen LogP contribution in [0.25, 0.3) is 78.0 Å². The zero-order valence-electron chi connectivity index (χ0n) is 87.5. The normalized spacial score (nSPS) is 12.6. The lowest BCUT2D eigenvalue weighted by Crippen LogP contribution is -2.47. The van der Waals surface area contributed by atoms with E-state index in [1.165, 1.54) is 63.2 Å². The smallest absolute Gasteiger partial charge is 0.246 e. The number of aromatic nitrogens is 2. The number of nitrogens with zero attached hydrogens (tertiary/aromatic N) is 5. The van der Waals surface area contributed by atoms with Crippen molar-refractivity contribution in [3.63, 3.8) is 0 Å². The number of phenolic OH excluding ortho intramolecular Hbond substituents is 1. The van der Waals surface area contributed by atoms with Gasteiger partial charge in [0.15, 0.2) is 12.0 Å². The fraction of sp³-hybridized carbons (Fsp3) is 0.306. The van der Waals surface area contributed by atoms with Gasteiger partial charge in [0.1, 0.15) is 86.3 Å². The molecule has 0 saturated heterocycles. The molecule has 2 aliphatic heterocycles. The van der Waals surface area contributed by atoms with Gasteiger partial charge in [0.05, 0.1) is 50.7 Å². The van der Waals surface area contributed by atoms with Crippen molar-refractivity contribution in [1.82, 2.24) is 40.6 Å². The second kappa shape index (κ2) is 58.3. The highest BCUT2D eigenvalue weighted by molar-refractivity contribution is 14.1. The molecule has 0 bridgehead atoms. The number of carbonyl (C=O) groups excluding carboxylic acids is 6. The second-order valence-corrected chi connectivity index (χ2v) is 39.1. The van der Waals surface area contributed by atoms with Gasteiger partial charge in [-0.1, -0.05) is 239 Å². The highest BCUT2D eigenvalue weighted by atomic mass is 127. The third kappa shape index (κ3) is 32.3. The summed E-state index contributed by atoms with van der Waals surface area (Å²) in [6, 6.07) is 67.3. The van der Waals surface area contributed by atoms with Crippen molar-refractivity contribution in [2.75, 3.05) is 45.4 Å². The van der Waals surface area contributed by atoms with Gasteiger partial charge in [-0.25, -0.2) is 9.97 Å². The van der Waals surface area contributed by atoms with E-state index < -0.39 is 11.1 Å². The van der Waals surface area contributed by atoms with E-state index in [0.717, 1.165) is 209 Å². The number of ether oxygens (including phenoxy) is 1. The van der Waals surface area contributed by atoms with Crippen LogP contribution in [0.4, 0.5) is 11.6 Å². The van der Waals surface area contributed by atoms with Crippen LogP contribution >= 0.6 is 57.6 Å². The summed E-state index contributed by atoms with van der Waals surface area (Å²) in [7, 11) is 7.24. The molecule has 8 aromatic carbocycles. The molecule has 5 amide bonds. The zero-order chi connectivity index (χ0) is 106. The van der Waals surface area contributed by atoms with Crippen LogP contribution in [0.1, 0.15) is 210 Å². The lowest BCUT2D eigenvalue weighted by atomic mass is 10.1. The minimum atomic E-state index is -0.678. The summed E-state index contributed by atoms with van der Waals surface area (Å²) in [5.74, 6) is 5.93. The van der Waals surface area contributed by atoms with Crippen LogP contribution in [0.3, 0.4) is 0 Å². The molecule has 0 fully saturated rings. The number of carbonyl (C=O) groups is 6. The molecule has 8 aromatic heterocycles. The van der Waals surface area contributed by atoms with Crippen LogP contribution in [-0.4, -0.2) is 111 Å². The van der Waals surface area contributed by atoms with Gasteiger partial charge < -0.3 is 67.0 Å². The first-order valence-electron chi connectivity index (χ1n) is 50.4. The molecule has 148 heavy (non-hydrogen) atoms. The first-order chi connectivity index (χ1) is 71.0. The quantitative estimate of drug-likeness (QED) is 0.0105. The summed E-state index contributed by atoms with van der Waals surface area (Å²) in [6.45, 7) is 29.6. The zero-order valence-corrected chi connectivity index (χ0v) is 92.6. The van der Waals surface area contributed by atoms with Crippen molar-refractivity contribution in [3.8, 4) is 11.5 Å². The van der Waals surface area contributed by atoms with E-state index in [0.29, 0.717) is 62.5 Å². The molecule has 18 rings (SSSR count). The molecule has 0 spiro atoms. The number of pyridine rings is 2. The van der Waals surface area contributed by atoms with Gasteiger partial charge in [0.25, 0.3) is 0 Å². The van der Waals surface area contributed by atoms with Crippen LogP contribution in [0.2, 0.25) is 0 Å². The number of furan rings is 6. The van der Waals surface area contributed by atoms with Gasteiger partial charge in [-0.15, -0.1) is 12.4 Å². The maximum Gasteiger partial charge on any atom is 0.246 e. The Balaban J connectivity index is 0.000000180. The minimum absolute atomic E-state index is 0. The van der Waals surface area contributed by atoms with Crippen molar-refractivity contribution in [3.05, 3.63) is 353 Å². The highest BCUT2D eigenvalue weighted by Crippen LogP contribution is 2.35. The van der Waals surface area contributed by atoms with Gasteiger partial charge in [0.2, 0.25) is 29.5 Å². The van der Waals surface area contributed by atoms with Gasteiger partial charge in [-0.05, 0) is 233 Å². The Hall–Kier alpha value is -13.5. The summed E-state index contributed by atoms with van der Waals surface area (Å²) in [5, 5.41) is 31.2. The first-order valence-corrected chi connectivity index (χ1v) is 52.5. The molecule has 0 unspecified atom stereocenters. The minimum Gasteiger partial charge on any atom is -0.507 e. The number of benzene rings is 8. The number of para-hydroxylation sites is 8. The lowest BCUT2D eigenvalue weighted by molar-refractivity contribution is -0.126. The fourth-order valence-electron chi connectivity index (χ4n) is 16.7. The number of likely N-dealkylation sites (N-methyl/N-ethyl adjacent to an activating group) is 3. The molecular weight excluding hydrogens is 2110 g/mol. The average Bonchev–Trinajstić information content (AvgIpc) is 1.65. The largest absolute Gasteiger partial charge is 0.507 e. The third-order valence-corrected chi connectivity index (χ3v) is 26.4. The molecule has 6 N–H and O–H groups in total. The third-order valence-electron chi connectivity index (χ3n) is 24.6. The number of hydrogen-bond acceptors (Lipinski definition) is 19. The van der Waals surface area contributed by atoms with Crippen LogP contribution in [0.5, 0.6) is 11.5 Å². The maximum absolute atomic E-state index is 12.8. The maximum atomic E-state index is 12.8. The SMILES string of the molecule is C=CC(=O)N(C)Cc1oc2ccccc2c1CCC.CC/C=C/COc1ccccc1I.CCCc1c(C=O)oc2ccccc12.CCCc1c(CN(C)C(=O)/C=C/c2cnc3c(c2)CNC(C)(C)C(=O)N3)oc2ccccc12.CCCc1c(CN(C)C(=O)/C=C/c2cnc3c(c2)CNC(C)(C)C(=O)N3)oc2ccccc12.CCCc1c(CNC)oc2ccccc12.CCCc1coc2ccccc12.Cl.Oc1ccccc1I. The van der Waals surface area contributed by atoms with Crippen molar-refractivity contribution < 1.29 is 65.1 Å². The van der Waals surface area contributed by atoms with Gasteiger partial charge in [0, 0.05) is 130 Å². The number of amides is 5. The topological polar surface area (TPSA) is 306 Å². The Morgan fingerprint density at radius 2 is 0.824 bits per heavy atom. The molecule has 778 valence electrons. The van der Waals surface area contributed by atoms with Crippen molar-refractivity contribution in [2.45, 2.75) is 210 Å². The van der Waals surface area contributed by atoms with Crippen molar-refractivity contribution in [1.29, 1.82) is 0 Å². The number of phenols is 1. The predicted molar refractivity (Wildman–Crippen MR) is 617 cm³/mol. The first kappa shape index (κ1) is 116. The van der Waals surface area contributed by atoms with Crippen LogP contribution < -0.4 is 31.3 Å². The molecule has 27 heteroatoms. The summed E-state index contributed by atoms with van der Waals surface area (Å²) in [6.07, 6.45) is 31.4. The molecule has 0 aliphatic carbocycles.